The largest absolute Gasteiger partial charge is 0.338 e. The Morgan fingerprint density at radius 1 is 0.828 bits per heavy atom. The SMILES string of the molecule is O=C(C1CCCN1C(=O)C1CCCCC1)N1CCN(Cc2ccc(Cl)cc2)CC1. The van der Waals surface area contributed by atoms with Gasteiger partial charge < -0.3 is 9.80 Å². The maximum absolute atomic E-state index is 13.2. The fourth-order valence-electron chi connectivity index (χ4n) is 5.06. The predicted octanol–water partition coefficient (Wildman–Crippen LogP) is 3.56. The van der Waals surface area contributed by atoms with Crippen molar-refractivity contribution in [3.63, 3.8) is 0 Å². The fourth-order valence-corrected chi connectivity index (χ4v) is 5.18. The number of nitrogens with zero attached hydrogens (tertiary/aromatic N) is 3. The van der Waals surface area contributed by atoms with Crippen LogP contribution < -0.4 is 0 Å². The zero-order chi connectivity index (χ0) is 20.2. The minimum Gasteiger partial charge on any atom is -0.338 e. The molecule has 6 heteroatoms. The normalized spacial score (nSPS) is 24.1. The van der Waals surface area contributed by atoms with E-state index < -0.39 is 0 Å². The van der Waals surface area contributed by atoms with Gasteiger partial charge in [0.15, 0.2) is 0 Å². The molecule has 2 amide bonds. The van der Waals surface area contributed by atoms with Gasteiger partial charge in [0.25, 0.3) is 0 Å². The number of benzene rings is 1. The quantitative estimate of drug-likeness (QED) is 0.752. The van der Waals surface area contributed by atoms with Crippen molar-refractivity contribution in [2.75, 3.05) is 32.7 Å². The number of carbonyl (C=O) groups excluding carboxylic acids is 2. The number of amides is 2. The summed E-state index contributed by atoms with van der Waals surface area (Å²) >= 11 is 5.97. The molecule has 4 rings (SSSR count). The molecule has 1 atom stereocenters. The second-order valence-electron chi connectivity index (χ2n) is 8.75. The first kappa shape index (κ1) is 20.7. The van der Waals surface area contributed by atoms with Gasteiger partial charge in [-0.15, -0.1) is 0 Å². The van der Waals surface area contributed by atoms with Gasteiger partial charge >= 0.3 is 0 Å². The first-order valence-corrected chi connectivity index (χ1v) is 11.6. The van der Waals surface area contributed by atoms with Crippen molar-refractivity contribution >= 4 is 23.4 Å². The Bertz CT molecular complexity index is 709. The summed E-state index contributed by atoms with van der Waals surface area (Å²) in [6, 6.07) is 7.75. The van der Waals surface area contributed by atoms with Gasteiger partial charge in [-0.1, -0.05) is 43.0 Å². The second-order valence-corrected chi connectivity index (χ2v) is 9.19. The zero-order valence-corrected chi connectivity index (χ0v) is 17.9. The fraction of sp³-hybridized carbons (Fsp3) is 0.652. The van der Waals surface area contributed by atoms with E-state index >= 15 is 0 Å². The maximum Gasteiger partial charge on any atom is 0.245 e. The highest BCUT2D eigenvalue weighted by atomic mass is 35.5. The van der Waals surface area contributed by atoms with Gasteiger partial charge in [0.1, 0.15) is 6.04 Å². The Kier molecular flexibility index (Phi) is 6.76. The first-order valence-electron chi connectivity index (χ1n) is 11.2. The summed E-state index contributed by atoms with van der Waals surface area (Å²) in [5.74, 6) is 0.549. The van der Waals surface area contributed by atoms with Crippen LogP contribution in [0.15, 0.2) is 24.3 Å². The van der Waals surface area contributed by atoms with E-state index in [1.807, 2.05) is 21.9 Å². The van der Waals surface area contributed by atoms with E-state index in [0.29, 0.717) is 0 Å². The third-order valence-corrected chi connectivity index (χ3v) is 7.03. The predicted molar refractivity (Wildman–Crippen MR) is 115 cm³/mol. The molecule has 2 heterocycles. The van der Waals surface area contributed by atoms with Crippen LogP contribution in [0, 0.1) is 5.92 Å². The van der Waals surface area contributed by atoms with Gasteiger partial charge in [-0.05, 0) is 43.4 Å². The molecule has 3 fully saturated rings. The Hall–Kier alpha value is -1.59. The molecule has 3 aliphatic rings. The molecule has 0 spiro atoms. The third kappa shape index (κ3) is 4.95. The molecule has 1 saturated carbocycles. The van der Waals surface area contributed by atoms with Crippen LogP contribution in [0.3, 0.4) is 0 Å². The molecule has 1 aromatic rings. The van der Waals surface area contributed by atoms with Gasteiger partial charge in [0.2, 0.25) is 11.8 Å². The van der Waals surface area contributed by atoms with E-state index in [4.69, 9.17) is 11.6 Å². The van der Waals surface area contributed by atoms with Gasteiger partial charge in [-0.25, -0.2) is 0 Å². The molecular formula is C23H32ClN3O2. The average molecular weight is 418 g/mol. The van der Waals surface area contributed by atoms with E-state index in [1.54, 1.807) is 0 Å². The average Bonchev–Trinajstić information content (AvgIpc) is 3.25. The summed E-state index contributed by atoms with van der Waals surface area (Å²) in [5.41, 5.74) is 1.24. The van der Waals surface area contributed by atoms with Crippen molar-refractivity contribution < 1.29 is 9.59 Å². The van der Waals surface area contributed by atoms with Crippen LogP contribution in [0.25, 0.3) is 0 Å². The molecular weight excluding hydrogens is 386 g/mol. The zero-order valence-electron chi connectivity index (χ0n) is 17.2. The Balaban J connectivity index is 1.30. The Morgan fingerprint density at radius 2 is 1.52 bits per heavy atom. The monoisotopic (exact) mass is 417 g/mol. The Labute approximate surface area is 179 Å². The lowest BCUT2D eigenvalue weighted by Crippen LogP contribution is -2.54. The molecule has 29 heavy (non-hydrogen) atoms. The second kappa shape index (κ2) is 9.48. The minimum atomic E-state index is -0.229. The molecule has 0 radical (unpaired) electrons. The Morgan fingerprint density at radius 3 is 2.21 bits per heavy atom. The number of hydrogen-bond acceptors (Lipinski definition) is 3. The lowest BCUT2D eigenvalue weighted by molar-refractivity contribution is -0.147. The van der Waals surface area contributed by atoms with E-state index in [-0.39, 0.29) is 23.8 Å². The van der Waals surface area contributed by atoms with E-state index in [9.17, 15) is 9.59 Å². The van der Waals surface area contributed by atoms with Crippen LogP contribution in [-0.2, 0) is 16.1 Å². The summed E-state index contributed by atoms with van der Waals surface area (Å²) < 4.78 is 0. The summed E-state index contributed by atoms with van der Waals surface area (Å²) in [5, 5.41) is 0.757. The van der Waals surface area contributed by atoms with Crippen LogP contribution in [0.2, 0.25) is 5.02 Å². The summed E-state index contributed by atoms with van der Waals surface area (Å²) in [6.07, 6.45) is 7.32. The van der Waals surface area contributed by atoms with Crippen LogP contribution in [0.1, 0.15) is 50.5 Å². The van der Waals surface area contributed by atoms with Crippen LogP contribution in [0.5, 0.6) is 0 Å². The number of carbonyl (C=O) groups is 2. The van der Waals surface area contributed by atoms with Crippen LogP contribution in [-0.4, -0.2) is 65.3 Å². The molecule has 2 saturated heterocycles. The molecule has 0 N–H and O–H groups in total. The number of hydrogen-bond donors (Lipinski definition) is 0. The topological polar surface area (TPSA) is 43.9 Å². The first-order chi connectivity index (χ1) is 14.1. The van der Waals surface area contributed by atoms with Crippen molar-refractivity contribution in [1.82, 2.24) is 14.7 Å². The smallest absolute Gasteiger partial charge is 0.245 e. The maximum atomic E-state index is 13.2. The van der Waals surface area contributed by atoms with E-state index in [0.717, 1.165) is 82.8 Å². The van der Waals surface area contributed by atoms with Crippen LogP contribution in [0.4, 0.5) is 0 Å². The summed E-state index contributed by atoms with van der Waals surface area (Å²) in [7, 11) is 0. The molecule has 1 aliphatic carbocycles. The third-order valence-electron chi connectivity index (χ3n) is 6.78. The standard InChI is InChI=1S/C23H32ClN3O2/c24-20-10-8-18(9-11-20)17-25-13-15-26(16-14-25)23(29)21-7-4-12-27(21)22(28)19-5-2-1-3-6-19/h8-11,19,21H,1-7,12-17H2. The molecule has 1 aromatic carbocycles. The van der Waals surface area contributed by atoms with Crippen molar-refractivity contribution in [3.05, 3.63) is 34.9 Å². The highest BCUT2D eigenvalue weighted by Gasteiger charge is 2.39. The number of rotatable bonds is 4. The van der Waals surface area contributed by atoms with E-state index in [2.05, 4.69) is 17.0 Å². The molecule has 0 bridgehead atoms. The van der Waals surface area contributed by atoms with Gasteiger partial charge in [-0.2, -0.15) is 0 Å². The van der Waals surface area contributed by atoms with Crippen molar-refractivity contribution in [3.8, 4) is 0 Å². The number of halogens is 1. The highest BCUT2D eigenvalue weighted by molar-refractivity contribution is 6.30. The number of likely N-dealkylation sites (tertiary alicyclic amines) is 1. The molecule has 2 aliphatic heterocycles. The molecule has 1 unspecified atom stereocenters. The summed E-state index contributed by atoms with van der Waals surface area (Å²) in [6.45, 7) is 4.87. The lowest BCUT2D eigenvalue weighted by Gasteiger charge is -2.38. The minimum absolute atomic E-state index is 0.147. The van der Waals surface area contributed by atoms with Gasteiger partial charge in [0, 0.05) is 50.2 Å². The lowest BCUT2D eigenvalue weighted by atomic mass is 9.88. The molecule has 158 valence electrons. The van der Waals surface area contributed by atoms with Crippen molar-refractivity contribution in [2.45, 2.75) is 57.5 Å². The van der Waals surface area contributed by atoms with Crippen molar-refractivity contribution in [1.29, 1.82) is 0 Å². The summed E-state index contributed by atoms with van der Waals surface area (Å²) in [4.78, 5) is 32.5. The van der Waals surface area contributed by atoms with E-state index in [1.165, 1.54) is 12.0 Å². The highest BCUT2D eigenvalue weighted by Crippen LogP contribution is 2.29. The molecule has 0 aromatic heterocycles. The molecule has 5 nitrogen and oxygen atoms in total. The van der Waals surface area contributed by atoms with Gasteiger partial charge in [0.05, 0.1) is 0 Å². The number of piperazine rings is 1. The van der Waals surface area contributed by atoms with Crippen molar-refractivity contribution in [2.24, 2.45) is 5.92 Å². The van der Waals surface area contributed by atoms with Crippen LogP contribution >= 0.6 is 11.6 Å². The van der Waals surface area contributed by atoms with Gasteiger partial charge in [-0.3, -0.25) is 14.5 Å².